The maximum atomic E-state index is 13.6. The van der Waals surface area contributed by atoms with Crippen LogP contribution in [0.1, 0.15) is 6.92 Å². The summed E-state index contributed by atoms with van der Waals surface area (Å²) in [5.41, 5.74) is 0.889. The number of carbonyl (C=O) groups excluding carboxylic acids is 1. The highest BCUT2D eigenvalue weighted by molar-refractivity contribution is 8.00. The third-order valence-corrected chi connectivity index (χ3v) is 7.68. The van der Waals surface area contributed by atoms with Crippen LogP contribution in [0.3, 0.4) is 0 Å². The molecule has 1 N–H and O–H groups in total. The first-order valence-electron chi connectivity index (χ1n) is 9.08. The van der Waals surface area contributed by atoms with Gasteiger partial charge in [0.1, 0.15) is 10.7 Å². The summed E-state index contributed by atoms with van der Waals surface area (Å²) in [6, 6.07) is 10.3. The summed E-state index contributed by atoms with van der Waals surface area (Å²) in [6.07, 6.45) is 3.24. The number of sulfonamides is 1. The van der Waals surface area contributed by atoms with Gasteiger partial charge in [0.2, 0.25) is 15.9 Å². The van der Waals surface area contributed by atoms with Crippen LogP contribution in [-0.4, -0.2) is 47.5 Å². The minimum Gasteiger partial charge on any atom is -0.325 e. The van der Waals surface area contributed by atoms with E-state index >= 15 is 0 Å². The Morgan fingerprint density at radius 2 is 2.00 bits per heavy atom. The Morgan fingerprint density at radius 3 is 2.68 bits per heavy atom. The smallest absolute Gasteiger partial charge is 0.244 e. The van der Waals surface area contributed by atoms with E-state index in [1.165, 1.54) is 56.2 Å². The number of aromatic nitrogens is 2. The van der Waals surface area contributed by atoms with Crippen LogP contribution in [0.2, 0.25) is 5.02 Å². The topological polar surface area (TPSA) is 84.3 Å². The molecule has 11 heteroatoms. The molecule has 1 amide bonds. The standard InChI is InChI=1S/C20H20ClFN4O3S2/c1-13(30-20-23-9-10-26(20)16-6-4-5-14(22)11-16)19(27)24-15-7-8-17(21)18(12-15)31(28,29)25(2)3/h4-13H,1-3H3,(H,24,27). The van der Waals surface area contributed by atoms with E-state index in [1.807, 2.05) is 0 Å². The summed E-state index contributed by atoms with van der Waals surface area (Å²) >= 11 is 7.23. The predicted molar refractivity (Wildman–Crippen MR) is 120 cm³/mol. The fraction of sp³-hybridized carbons (Fsp3) is 0.200. The molecule has 0 saturated heterocycles. The number of halogens is 2. The van der Waals surface area contributed by atoms with Crippen molar-refractivity contribution in [2.45, 2.75) is 22.2 Å². The molecule has 1 unspecified atom stereocenters. The first kappa shape index (κ1) is 23.3. The van der Waals surface area contributed by atoms with Gasteiger partial charge in [0.05, 0.1) is 16.0 Å². The molecule has 31 heavy (non-hydrogen) atoms. The predicted octanol–water partition coefficient (Wildman–Crippen LogP) is 4.03. The highest BCUT2D eigenvalue weighted by Crippen LogP contribution is 2.29. The average molecular weight is 483 g/mol. The summed E-state index contributed by atoms with van der Waals surface area (Å²) < 4.78 is 41.1. The van der Waals surface area contributed by atoms with Gasteiger partial charge in [0, 0.05) is 32.2 Å². The molecule has 0 saturated carbocycles. The second kappa shape index (κ2) is 9.39. The van der Waals surface area contributed by atoms with E-state index in [9.17, 15) is 17.6 Å². The van der Waals surface area contributed by atoms with Crippen LogP contribution in [-0.2, 0) is 14.8 Å². The SMILES string of the molecule is CC(Sc1nccn1-c1cccc(F)c1)C(=O)Nc1ccc(Cl)c(S(=O)(=O)N(C)C)c1. The van der Waals surface area contributed by atoms with Gasteiger partial charge in [-0.15, -0.1) is 0 Å². The van der Waals surface area contributed by atoms with Gasteiger partial charge in [-0.1, -0.05) is 29.4 Å². The van der Waals surface area contributed by atoms with Gasteiger partial charge in [0.15, 0.2) is 5.16 Å². The van der Waals surface area contributed by atoms with Gasteiger partial charge >= 0.3 is 0 Å². The lowest BCUT2D eigenvalue weighted by Gasteiger charge is -2.16. The molecule has 0 aliphatic heterocycles. The molecule has 0 spiro atoms. The number of amides is 1. The Morgan fingerprint density at radius 1 is 1.26 bits per heavy atom. The molecule has 0 bridgehead atoms. The van der Waals surface area contributed by atoms with E-state index in [2.05, 4.69) is 10.3 Å². The third-order valence-electron chi connectivity index (χ3n) is 4.30. The number of nitrogens with one attached hydrogen (secondary N) is 1. The molecular weight excluding hydrogens is 463 g/mol. The fourth-order valence-electron chi connectivity index (χ4n) is 2.63. The lowest BCUT2D eigenvalue weighted by atomic mass is 10.3. The van der Waals surface area contributed by atoms with Crippen LogP contribution in [0.4, 0.5) is 10.1 Å². The molecule has 7 nitrogen and oxygen atoms in total. The van der Waals surface area contributed by atoms with Crippen molar-refractivity contribution in [2.75, 3.05) is 19.4 Å². The second-order valence-electron chi connectivity index (χ2n) is 6.74. The van der Waals surface area contributed by atoms with Crippen LogP contribution >= 0.6 is 23.4 Å². The van der Waals surface area contributed by atoms with E-state index in [-0.39, 0.29) is 21.6 Å². The molecule has 3 rings (SSSR count). The van der Waals surface area contributed by atoms with E-state index in [0.717, 1.165) is 4.31 Å². The van der Waals surface area contributed by atoms with Gasteiger partial charge in [-0.2, -0.15) is 0 Å². The molecule has 164 valence electrons. The fourth-order valence-corrected chi connectivity index (χ4v) is 4.91. The zero-order chi connectivity index (χ0) is 22.8. The molecule has 1 aromatic heterocycles. The Bertz CT molecular complexity index is 1210. The minimum atomic E-state index is -3.77. The number of nitrogens with zero attached hydrogens (tertiary/aromatic N) is 3. The second-order valence-corrected chi connectivity index (χ2v) is 10.6. The normalized spacial score (nSPS) is 12.7. The number of benzene rings is 2. The van der Waals surface area contributed by atoms with Crippen LogP contribution < -0.4 is 5.32 Å². The molecule has 1 heterocycles. The molecule has 1 atom stereocenters. The van der Waals surface area contributed by atoms with Crippen LogP contribution in [0.15, 0.2) is 64.9 Å². The zero-order valence-corrected chi connectivity index (χ0v) is 19.3. The lowest BCUT2D eigenvalue weighted by molar-refractivity contribution is -0.115. The quantitative estimate of drug-likeness (QED) is 0.514. The number of hydrogen-bond acceptors (Lipinski definition) is 5. The van der Waals surface area contributed by atoms with Gasteiger partial charge in [-0.25, -0.2) is 22.1 Å². The van der Waals surface area contributed by atoms with Crippen molar-refractivity contribution in [3.05, 3.63) is 65.7 Å². The summed E-state index contributed by atoms with van der Waals surface area (Å²) in [4.78, 5) is 16.9. The minimum absolute atomic E-state index is 0.0613. The van der Waals surface area contributed by atoms with E-state index in [0.29, 0.717) is 16.5 Å². The first-order valence-corrected chi connectivity index (χ1v) is 11.8. The molecular formula is C20H20ClFN4O3S2. The zero-order valence-electron chi connectivity index (χ0n) is 16.9. The van der Waals surface area contributed by atoms with Crippen molar-refractivity contribution < 1.29 is 17.6 Å². The molecule has 0 aliphatic carbocycles. The molecule has 2 aromatic carbocycles. The highest BCUT2D eigenvalue weighted by Gasteiger charge is 2.23. The number of carbonyl (C=O) groups is 1. The molecule has 3 aromatic rings. The van der Waals surface area contributed by atoms with E-state index in [4.69, 9.17) is 11.6 Å². The maximum Gasteiger partial charge on any atom is 0.244 e. The Balaban J connectivity index is 1.77. The van der Waals surface area contributed by atoms with Crippen LogP contribution in [0.25, 0.3) is 5.69 Å². The first-order chi connectivity index (χ1) is 14.6. The number of hydrogen-bond donors (Lipinski definition) is 1. The number of imidazole rings is 1. The largest absolute Gasteiger partial charge is 0.325 e. The van der Waals surface area contributed by atoms with Gasteiger partial charge < -0.3 is 5.32 Å². The highest BCUT2D eigenvalue weighted by atomic mass is 35.5. The van der Waals surface area contributed by atoms with Crippen LogP contribution in [0, 0.1) is 5.82 Å². The molecule has 0 fully saturated rings. The Labute approximate surface area is 189 Å². The summed E-state index contributed by atoms with van der Waals surface area (Å²) in [6.45, 7) is 1.69. The number of rotatable bonds is 7. The molecule has 0 radical (unpaired) electrons. The summed E-state index contributed by atoms with van der Waals surface area (Å²) in [5, 5.41) is 2.71. The Hall–Kier alpha value is -2.40. The van der Waals surface area contributed by atoms with Crippen LogP contribution in [0.5, 0.6) is 0 Å². The maximum absolute atomic E-state index is 13.6. The molecule has 0 aliphatic rings. The number of anilines is 1. The van der Waals surface area contributed by atoms with Crippen molar-refractivity contribution in [3.8, 4) is 5.69 Å². The summed E-state index contributed by atoms with van der Waals surface area (Å²) in [7, 11) is -0.968. The van der Waals surface area contributed by atoms with Gasteiger partial charge in [0.25, 0.3) is 0 Å². The van der Waals surface area contributed by atoms with E-state index in [1.54, 1.807) is 36.0 Å². The Kier molecular flexibility index (Phi) is 7.05. The average Bonchev–Trinajstić information content (AvgIpc) is 3.17. The van der Waals surface area contributed by atoms with Crippen molar-refractivity contribution in [3.63, 3.8) is 0 Å². The number of thioether (sulfide) groups is 1. The monoisotopic (exact) mass is 482 g/mol. The van der Waals surface area contributed by atoms with Crippen molar-refractivity contribution in [1.29, 1.82) is 0 Å². The van der Waals surface area contributed by atoms with Crippen molar-refractivity contribution in [2.24, 2.45) is 0 Å². The van der Waals surface area contributed by atoms with Gasteiger partial charge in [-0.05, 0) is 43.3 Å². The van der Waals surface area contributed by atoms with Crippen molar-refractivity contribution >= 4 is 45.0 Å². The van der Waals surface area contributed by atoms with Crippen molar-refractivity contribution in [1.82, 2.24) is 13.9 Å². The summed E-state index contributed by atoms with van der Waals surface area (Å²) in [5.74, 6) is -0.728. The lowest BCUT2D eigenvalue weighted by Crippen LogP contribution is -2.24. The van der Waals surface area contributed by atoms with E-state index < -0.39 is 15.3 Å². The third kappa shape index (κ3) is 5.27. The van der Waals surface area contributed by atoms with Gasteiger partial charge in [-0.3, -0.25) is 9.36 Å².